The summed E-state index contributed by atoms with van der Waals surface area (Å²) in [6, 6.07) is 26.2. The van der Waals surface area contributed by atoms with E-state index in [1.54, 1.807) is 6.20 Å². The van der Waals surface area contributed by atoms with Crippen LogP contribution in [0.3, 0.4) is 0 Å². The second-order valence-electron chi connectivity index (χ2n) is 7.60. The Morgan fingerprint density at radius 3 is 2.56 bits per heavy atom. The molecule has 4 nitrogen and oxygen atoms in total. The van der Waals surface area contributed by atoms with Gasteiger partial charge in [-0.3, -0.25) is 9.48 Å². The van der Waals surface area contributed by atoms with Crippen LogP contribution >= 0.6 is 23.5 Å². The van der Waals surface area contributed by atoms with Crippen LogP contribution in [-0.2, 0) is 6.54 Å². The fraction of sp³-hybridized carbons (Fsp3) is 0.154. The Labute approximate surface area is 196 Å². The first-order chi connectivity index (χ1) is 15.8. The first-order valence-corrected chi connectivity index (χ1v) is 12.7. The van der Waals surface area contributed by atoms with Gasteiger partial charge in [0.1, 0.15) is 0 Å². The van der Waals surface area contributed by atoms with Crippen molar-refractivity contribution in [3.05, 3.63) is 108 Å². The second kappa shape index (κ2) is 9.67. The molecular weight excluding hydrogens is 434 g/mol. The molecule has 0 radical (unpaired) electrons. The van der Waals surface area contributed by atoms with Gasteiger partial charge in [0.2, 0.25) is 0 Å². The van der Waals surface area contributed by atoms with Gasteiger partial charge in [0, 0.05) is 35.2 Å². The molecule has 0 unspecified atom stereocenters. The van der Waals surface area contributed by atoms with Gasteiger partial charge in [-0.05, 0) is 46.5 Å². The summed E-state index contributed by atoms with van der Waals surface area (Å²) < 4.78 is 2.35. The van der Waals surface area contributed by atoms with Crippen molar-refractivity contribution in [3.8, 4) is 11.1 Å². The lowest BCUT2D eigenvalue weighted by Crippen LogP contribution is -2.13. The Morgan fingerprint density at radius 2 is 1.78 bits per heavy atom. The minimum atomic E-state index is -0.0925. The third kappa shape index (κ3) is 4.76. The van der Waals surface area contributed by atoms with Gasteiger partial charge >= 0.3 is 0 Å². The van der Waals surface area contributed by atoms with Crippen molar-refractivity contribution in [1.82, 2.24) is 9.78 Å². The van der Waals surface area contributed by atoms with Crippen LogP contribution < -0.4 is 5.32 Å². The molecule has 32 heavy (non-hydrogen) atoms. The number of hydrogen-bond donors (Lipinski definition) is 1. The van der Waals surface area contributed by atoms with Crippen molar-refractivity contribution in [2.75, 3.05) is 16.8 Å². The maximum absolute atomic E-state index is 13.2. The maximum Gasteiger partial charge on any atom is 0.256 e. The molecule has 2 heterocycles. The standard InChI is InChI=1S/C26H23N3OS2/c30-25(28-22-6-3-5-21(17-22)26-31-15-16-32-26)24-8-2-1-7-23(24)20-11-9-19(10-12-20)18-29-14-4-13-27-29/h1-14,17,26H,15-16,18H2,(H,28,30). The topological polar surface area (TPSA) is 46.9 Å². The molecule has 6 heteroatoms. The molecule has 0 saturated carbocycles. The Balaban J connectivity index is 1.35. The molecule has 1 aromatic heterocycles. The Bertz CT molecular complexity index is 1200. The lowest BCUT2D eigenvalue weighted by molar-refractivity contribution is 0.102. The van der Waals surface area contributed by atoms with E-state index in [1.807, 2.05) is 76.9 Å². The zero-order valence-electron chi connectivity index (χ0n) is 17.5. The van der Waals surface area contributed by atoms with Gasteiger partial charge in [0.05, 0.1) is 11.1 Å². The number of benzene rings is 3. The normalized spacial score (nSPS) is 13.9. The summed E-state index contributed by atoms with van der Waals surface area (Å²) >= 11 is 3.93. The van der Waals surface area contributed by atoms with Crippen LogP contribution in [0.4, 0.5) is 5.69 Å². The van der Waals surface area contributed by atoms with Gasteiger partial charge in [-0.25, -0.2) is 0 Å². The number of anilines is 1. The number of carbonyl (C=O) groups is 1. The number of rotatable bonds is 6. The van der Waals surface area contributed by atoms with Crippen molar-refractivity contribution in [3.63, 3.8) is 0 Å². The zero-order chi connectivity index (χ0) is 21.8. The summed E-state index contributed by atoms with van der Waals surface area (Å²) in [5.74, 6) is 2.27. The number of carbonyl (C=O) groups excluding carboxylic acids is 1. The van der Waals surface area contributed by atoms with Gasteiger partial charge in [-0.15, -0.1) is 23.5 Å². The fourth-order valence-electron chi connectivity index (χ4n) is 3.82. The molecule has 1 N–H and O–H groups in total. The van der Waals surface area contributed by atoms with Crippen LogP contribution in [0.1, 0.15) is 26.1 Å². The molecule has 1 amide bonds. The van der Waals surface area contributed by atoms with Crippen molar-refractivity contribution in [2.45, 2.75) is 11.1 Å². The molecular formula is C26H23N3OS2. The summed E-state index contributed by atoms with van der Waals surface area (Å²) in [5.41, 5.74) is 5.88. The average molecular weight is 458 g/mol. The highest BCUT2D eigenvalue weighted by molar-refractivity contribution is 8.19. The van der Waals surface area contributed by atoms with Crippen LogP contribution in [0.25, 0.3) is 11.1 Å². The molecule has 0 aliphatic carbocycles. The van der Waals surface area contributed by atoms with E-state index in [0.29, 0.717) is 10.1 Å². The molecule has 0 atom stereocenters. The number of thioether (sulfide) groups is 2. The van der Waals surface area contributed by atoms with Crippen LogP contribution in [-0.4, -0.2) is 27.2 Å². The molecule has 0 spiro atoms. The third-order valence-electron chi connectivity index (χ3n) is 5.38. The van der Waals surface area contributed by atoms with Crippen molar-refractivity contribution in [2.24, 2.45) is 0 Å². The van der Waals surface area contributed by atoms with Gasteiger partial charge in [-0.2, -0.15) is 5.10 Å². The quantitative estimate of drug-likeness (QED) is 0.368. The maximum atomic E-state index is 13.2. The SMILES string of the molecule is O=C(Nc1cccc(C2SCCS2)c1)c1ccccc1-c1ccc(Cn2cccn2)cc1. The van der Waals surface area contributed by atoms with E-state index in [4.69, 9.17) is 0 Å². The van der Waals surface area contributed by atoms with E-state index < -0.39 is 0 Å². The average Bonchev–Trinajstić information content (AvgIpc) is 3.55. The van der Waals surface area contributed by atoms with E-state index in [1.165, 1.54) is 22.6 Å². The number of amides is 1. The molecule has 0 bridgehead atoms. The number of hydrogen-bond acceptors (Lipinski definition) is 4. The Kier molecular flexibility index (Phi) is 6.32. The second-order valence-corrected chi connectivity index (χ2v) is 10.3. The highest BCUT2D eigenvalue weighted by Crippen LogP contribution is 2.45. The lowest BCUT2D eigenvalue weighted by atomic mass is 9.98. The molecule has 5 rings (SSSR count). The third-order valence-corrected chi connectivity index (χ3v) is 8.48. The summed E-state index contributed by atoms with van der Waals surface area (Å²) in [7, 11) is 0. The molecule has 3 aromatic carbocycles. The highest BCUT2D eigenvalue weighted by Gasteiger charge is 2.19. The van der Waals surface area contributed by atoms with Crippen LogP contribution in [0.2, 0.25) is 0 Å². The summed E-state index contributed by atoms with van der Waals surface area (Å²) in [5, 5.41) is 7.37. The van der Waals surface area contributed by atoms with E-state index in [9.17, 15) is 4.79 Å². The van der Waals surface area contributed by atoms with Crippen LogP contribution in [0.15, 0.2) is 91.3 Å². The van der Waals surface area contributed by atoms with Gasteiger partial charge in [-0.1, -0.05) is 54.6 Å². The Hall–Kier alpha value is -2.96. The van der Waals surface area contributed by atoms with E-state index >= 15 is 0 Å². The van der Waals surface area contributed by atoms with Crippen molar-refractivity contribution in [1.29, 1.82) is 0 Å². The van der Waals surface area contributed by atoms with Gasteiger partial charge in [0.25, 0.3) is 5.91 Å². The Morgan fingerprint density at radius 1 is 0.969 bits per heavy atom. The van der Waals surface area contributed by atoms with Crippen molar-refractivity contribution >= 4 is 35.1 Å². The first-order valence-electron chi connectivity index (χ1n) is 10.6. The summed E-state index contributed by atoms with van der Waals surface area (Å²) in [4.78, 5) is 13.2. The van der Waals surface area contributed by atoms with Gasteiger partial charge < -0.3 is 5.32 Å². The lowest BCUT2D eigenvalue weighted by Gasteiger charge is -2.13. The molecule has 1 aliphatic rings. The first kappa shape index (κ1) is 20.9. The molecule has 1 saturated heterocycles. The summed E-state index contributed by atoms with van der Waals surface area (Å²) in [6.07, 6.45) is 3.73. The molecule has 160 valence electrons. The molecule has 1 aliphatic heterocycles. The minimum Gasteiger partial charge on any atom is -0.322 e. The number of nitrogens with one attached hydrogen (secondary N) is 1. The van der Waals surface area contributed by atoms with E-state index in [-0.39, 0.29) is 5.91 Å². The van der Waals surface area contributed by atoms with Crippen molar-refractivity contribution < 1.29 is 4.79 Å². The highest BCUT2D eigenvalue weighted by atomic mass is 32.2. The largest absolute Gasteiger partial charge is 0.322 e. The zero-order valence-corrected chi connectivity index (χ0v) is 19.1. The number of aromatic nitrogens is 2. The summed E-state index contributed by atoms with van der Waals surface area (Å²) in [6.45, 7) is 0.726. The predicted molar refractivity (Wildman–Crippen MR) is 135 cm³/mol. The smallest absolute Gasteiger partial charge is 0.256 e. The fourth-order valence-corrected chi connectivity index (χ4v) is 6.65. The molecule has 1 fully saturated rings. The molecule has 4 aromatic rings. The van der Waals surface area contributed by atoms with E-state index in [0.717, 1.165) is 23.4 Å². The van der Waals surface area contributed by atoms with Crippen LogP contribution in [0, 0.1) is 0 Å². The van der Waals surface area contributed by atoms with Gasteiger partial charge in [0.15, 0.2) is 0 Å². The van der Waals surface area contributed by atoms with E-state index in [2.05, 4.69) is 46.8 Å². The monoisotopic (exact) mass is 457 g/mol. The van der Waals surface area contributed by atoms with Crippen LogP contribution in [0.5, 0.6) is 0 Å². The number of nitrogens with zero attached hydrogens (tertiary/aromatic N) is 2. The predicted octanol–water partition coefficient (Wildman–Crippen LogP) is 6.33. The minimum absolute atomic E-state index is 0.0925.